The summed E-state index contributed by atoms with van der Waals surface area (Å²) in [5.74, 6) is -0.326. The summed E-state index contributed by atoms with van der Waals surface area (Å²) in [6.45, 7) is 13.1. The second-order valence-electron chi connectivity index (χ2n) is 11.9. The van der Waals surface area contributed by atoms with Gasteiger partial charge in [-0.1, -0.05) is 77.9 Å². The molecule has 0 N–H and O–H groups in total. The Morgan fingerprint density at radius 2 is 0.972 bits per heavy atom. The van der Waals surface area contributed by atoms with Crippen LogP contribution in [0.2, 0.25) is 0 Å². The Balaban J connectivity index is 1.56. The van der Waals surface area contributed by atoms with Crippen LogP contribution >= 0.6 is 0 Å². The number of benzene rings is 2. The summed E-state index contributed by atoms with van der Waals surface area (Å²) in [4.78, 5) is 30.7. The maximum atomic E-state index is 13.7. The topological polar surface area (TPSA) is 40.6 Å². The number of nitrogens with zero attached hydrogens (tertiary/aromatic N) is 2. The van der Waals surface area contributed by atoms with Gasteiger partial charge in [0.15, 0.2) is 0 Å². The fourth-order valence-corrected chi connectivity index (χ4v) is 5.63. The van der Waals surface area contributed by atoms with Crippen LogP contribution in [0.15, 0.2) is 72.1 Å². The van der Waals surface area contributed by atoms with Gasteiger partial charge in [-0.25, -0.2) is 0 Å². The van der Waals surface area contributed by atoms with E-state index in [4.69, 9.17) is 0 Å². The first-order chi connectivity index (χ1) is 17.0. The summed E-state index contributed by atoms with van der Waals surface area (Å²) in [6, 6.07) is 12.5. The molecule has 0 bridgehead atoms. The maximum Gasteiger partial charge on any atom is 0.263 e. The summed E-state index contributed by atoms with van der Waals surface area (Å²) < 4.78 is 0. The second kappa shape index (κ2) is 7.30. The Bertz CT molecular complexity index is 1420. The molecule has 4 heteroatoms. The van der Waals surface area contributed by atoms with Crippen molar-refractivity contribution in [3.8, 4) is 0 Å². The molecule has 6 rings (SSSR count). The van der Waals surface area contributed by atoms with Crippen molar-refractivity contribution in [3.63, 3.8) is 0 Å². The van der Waals surface area contributed by atoms with Gasteiger partial charge in [-0.05, 0) is 57.4 Å². The molecule has 0 saturated carbocycles. The quantitative estimate of drug-likeness (QED) is 0.403. The van der Waals surface area contributed by atoms with Gasteiger partial charge in [-0.2, -0.15) is 0 Å². The van der Waals surface area contributed by atoms with E-state index in [-0.39, 0.29) is 22.6 Å². The largest absolute Gasteiger partial charge is 0.283 e. The molecule has 0 saturated heterocycles. The Kier molecular flexibility index (Phi) is 4.57. The van der Waals surface area contributed by atoms with Gasteiger partial charge in [0.1, 0.15) is 0 Å². The number of rotatable bonds is 0. The number of carbonyl (C=O) groups is 2. The number of hydrogen-bond donors (Lipinski definition) is 0. The van der Waals surface area contributed by atoms with Crippen LogP contribution in [0, 0.1) is 0 Å². The van der Waals surface area contributed by atoms with Gasteiger partial charge in [-0.3, -0.25) is 19.4 Å². The molecule has 36 heavy (non-hydrogen) atoms. The Morgan fingerprint density at radius 3 is 1.33 bits per heavy atom. The van der Waals surface area contributed by atoms with Gasteiger partial charge >= 0.3 is 0 Å². The van der Waals surface area contributed by atoms with Gasteiger partial charge in [0.25, 0.3) is 11.8 Å². The molecule has 4 aliphatic heterocycles. The lowest BCUT2D eigenvalue weighted by Gasteiger charge is -2.29. The van der Waals surface area contributed by atoms with Crippen LogP contribution in [0.4, 0.5) is 0 Å². The lowest BCUT2D eigenvalue weighted by Crippen LogP contribution is -2.27. The molecule has 0 spiro atoms. The second-order valence-corrected chi connectivity index (χ2v) is 11.9. The summed E-state index contributed by atoms with van der Waals surface area (Å²) in [7, 11) is 0. The van der Waals surface area contributed by atoms with Gasteiger partial charge in [0.2, 0.25) is 0 Å². The lowest BCUT2D eigenvalue weighted by atomic mass is 9.80. The summed E-state index contributed by atoms with van der Waals surface area (Å²) >= 11 is 0. The van der Waals surface area contributed by atoms with Crippen LogP contribution in [-0.4, -0.2) is 21.6 Å². The zero-order valence-corrected chi connectivity index (χ0v) is 21.6. The van der Waals surface area contributed by atoms with E-state index in [1.54, 1.807) is 9.80 Å². The molecule has 4 nitrogen and oxygen atoms in total. The summed E-state index contributed by atoms with van der Waals surface area (Å²) in [5.41, 5.74) is 9.05. The van der Waals surface area contributed by atoms with E-state index in [1.165, 1.54) is 11.1 Å². The van der Waals surface area contributed by atoms with Crippen molar-refractivity contribution in [1.82, 2.24) is 9.80 Å². The van der Waals surface area contributed by atoms with Crippen molar-refractivity contribution in [1.29, 1.82) is 0 Å². The molecule has 0 radical (unpaired) electrons. The molecule has 2 aromatic rings. The average molecular weight is 475 g/mol. The van der Waals surface area contributed by atoms with E-state index in [0.717, 1.165) is 33.6 Å². The Hall–Kier alpha value is -3.92. The van der Waals surface area contributed by atoms with E-state index < -0.39 is 0 Å². The van der Waals surface area contributed by atoms with Crippen molar-refractivity contribution in [2.75, 3.05) is 0 Å². The smallest absolute Gasteiger partial charge is 0.263 e. The van der Waals surface area contributed by atoms with Crippen LogP contribution in [0.3, 0.4) is 0 Å². The Labute approximate surface area is 212 Å². The highest BCUT2D eigenvalue weighted by Gasteiger charge is 2.40. The number of hydrogen-bond acceptors (Lipinski definition) is 2. The molecular weight excluding hydrogens is 444 g/mol. The van der Waals surface area contributed by atoms with Gasteiger partial charge in [0, 0.05) is 23.5 Å². The normalized spacial score (nSPS) is 20.3. The van der Waals surface area contributed by atoms with Crippen LogP contribution in [0.25, 0.3) is 23.5 Å². The monoisotopic (exact) mass is 474 g/mol. The minimum atomic E-state index is -0.163. The highest BCUT2D eigenvalue weighted by atomic mass is 16.2. The van der Waals surface area contributed by atoms with E-state index in [2.05, 4.69) is 77.9 Å². The zero-order chi connectivity index (χ0) is 25.6. The number of amides is 2. The predicted octanol–water partition coefficient (Wildman–Crippen LogP) is 6.61. The van der Waals surface area contributed by atoms with Crippen molar-refractivity contribution >= 4 is 35.4 Å². The number of fused-ring (bicyclic) bond motifs is 6. The van der Waals surface area contributed by atoms with E-state index in [1.807, 2.05) is 36.7 Å². The minimum Gasteiger partial charge on any atom is -0.283 e. The molecule has 2 aromatic carbocycles. The molecule has 180 valence electrons. The zero-order valence-electron chi connectivity index (χ0n) is 21.6. The predicted molar refractivity (Wildman–Crippen MR) is 145 cm³/mol. The van der Waals surface area contributed by atoms with Gasteiger partial charge in [-0.15, -0.1) is 0 Å². The first-order valence-electron chi connectivity index (χ1n) is 12.5. The third kappa shape index (κ3) is 3.13. The van der Waals surface area contributed by atoms with Crippen LogP contribution in [-0.2, 0) is 20.4 Å². The summed E-state index contributed by atoms with van der Waals surface area (Å²) in [6.07, 6.45) is 11.4. The van der Waals surface area contributed by atoms with Gasteiger partial charge < -0.3 is 0 Å². The Morgan fingerprint density at radius 1 is 0.583 bits per heavy atom. The molecule has 4 heterocycles. The fourth-order valence-electron chi connectivity index (χ4n) is 5.63. The van der Waals surface area contributed by atoms with Crippen molar-refractivity contribution in [3.05, 3.63) is 105 Å². The fraction of sp³-hybridized carbons (Fsp3) is 0.250. The first-order valence-corrected chi connectivity index (χ1v) is 12.5. The van der Waals surface area contributed by atoms with Gasteiger partial charge in [0.05, 0.1) is 22.5 Å². The molecule has 0 fully saturated rings. The van der Waals surface area contributed by atoms with E-state index in [9.17, 15) is 9.59 Å². The minimum absolute atomic E-state index is 0.0916. The first kappa shape index (κ1) is 22.5. The van der Waals surface area contributed by atoms with Crippen LogP contribution < -0.4 is 0 Å². The third-order valence-corrected chi connectivity index (χ3v) is 7.40. The molecule has 0 aliphatic carbocycles. The molecule has 2 amide bonds. The highest BCUT2D eigenvalue weighted by Crippen LogP contribution is 2.45. The molecule has 0 unspecified atom stereocenters. The molecular formula is C32H30N2O2. The van der Waals surface area contributed by atoms with Crippen LogP contribution in [0.5, 0.6) is 0 Å². The average Bonchev–Trinajstić information content (AvgIpc) is 3.33. The number of carbonyl (C=O) groups excluding carboxylic acids is 2. The van der Waals surface area contributed by atoms with Crippen molar-refractivity contribution < 1.29 is 9.59 Å². The van der Waals surface area contributed by atoms with Crippen LogP contribution in [0.1, 0.15) is 74.9 Å². The van der Waals surface area contributed by atoms with E-state index in [0.29, 0.717) is 11.1 Å². The van der Waals surface area contributed by atoms with Crippen molar-refractivity contribution in [2.24, 2.45) is 0 Å². The standard InChI is InChI=1S/C32H30N2O2/c1-31(2,3)23-11-7-9-19-13-15-33-25(27(19)23)17-21(29(33)35)22-18-26-28-20(14-16-34(26)30(22)36)10-8-12-24(28)32(4,5)6/h7-18H,1-6H3/b22-21+. The molecule has 0 atom stereocenters. The molecule has 0 aromatic heterocycles. The van der Waals surface area contributed by atoms with E-state index >= 15 is 0 Å². The SMILES string of the molecule is CC(C)(C)c1cccc2c1C1=C/C(=C3/C=C4c5c(cccc5C(C)(C)C)C=CN4C3=O)C(=O)N1C=C2. The summed E-state index contributed by atoms with van der Waals surface area (Å²) in [5, 5.41) is 0. The molecule has 4 aliphatic rings. The highest BCUT2D eigenvalue weighted by molar-refractivity contribution is 6.20. The third-order valence-electron chi connectivity index (χ3n) is 7.40. The van der Waals surface area contributed by atoms with Crippen molar-refractivity contribution in [2.45, 2.75) is 52.4 Å². The lowest BCUT2D eigenvalue weighted by molar-refractivity contribution is -0.123. The maximum absolute atomic E-state index is 13.7.